The smallest absolute Gasteiger partial charge is 0.375 e. The lowest BCUT2D eigenvalue weighted by Gasteiger charge is -2.37. The van der Waals surface area contributed by atoms with Crippen LogP contribution in [0.5, 0.6) is 0 Å². The predicted octanol–water partition coefficient (Wildman–Crippen LogP) is 2.79. The summed E-state index contributed by atoms with van der Waals surface area (Å²) in [4.78, 5) is 29.0. The molecule has 2 saturated heterocycles. The third kappa shape index (κ3) is 5.30. The summed E-state index contributed by atoms with van der Waals surface area (Å²) in [6.45, 7) is 1.93. The summed E-state index contributed by atoms with van der Waals surface area (Å²) >= 11 is 0. The minimum absolute atomic E-state index is 0.00778. The van der Waals surface area contributed by atoms with Crippen molar-refractivity contribution in [2.75, 3.05) is 44.8 Å². The van der Waals surface area contributed by atoms with Crippen LogP contribution in [-0.4, -0.2) is 62.7 Å². The average Bonchev–Trinajstić information content (AvgIpc) is 3.51. The van der Waals surface area contributed by atoms with Crippen molar-refractivity contribution in [2.24, 2.45) is 17.8 Å². The van der Waals surface area contributed by atoms with Gasteiger partial charge in [0, 0.05) is 45.0 Å². The summed E-state index contributed by atoms with van der Waals surface area (Å²) in [5.74, 6) is -0.237. The number of nitrogens with one attached hydrogen (secondary N) is 1. The van der Waals surface area contributed by atoms with E-state index in [2.05, 4.69) is 5.32 Å². The largest absolute Gasteiger partial charge is 0.417 e. The third-order valence-electron chi connectivity index (χ3n) is 7.19. The second kappa shape index (κ2) is 9.82. The molecule has 2 atom stereocenters. The van der Waals surface area contributed by atoms with E-state index in [1.54, 1.807) is 17.0 Å². The second-order valence-electron chi connectivity index (χ2n) is 9.45. The number of halogens is 3. The summed E-state index contributed by atoms with van der Waals surface area (Å²) in [6.07, 6.45) is -1.20. The molecular weight excluding hydrogens is 449 g/mol. The van der Waals surface area contributed by atoms with E-state index in [-0.39, 0.29) is 47.8 Å². The molecule has 1 saturated carbocycles. The van der Waals surface area contributed by atoms with Gasteiger partial charge in [-0.1, -0.05) is 0 Å². The molecule has 1 aliphatic carbocycles. The van der Waals surface area contributed by atoms with Crippen LogP contribution in [0.2, 0.25) is 0 Å². The Morgan fingerprint density at radius 3 is 2.47 bits per heavy atom. The Labute approximate surface area is 196 Å². The molecule has 34 heavy (non-hydrogen) atoms. The van der Waals surface area contributed by atoms with Gasteiger partial charge in [0.2, 0.25) is 11.8 Å². The van der Waals surface area contributed by atoms with Crippen LogP contribution < -0.4 is 10.2 Å². The van der Waals surface area contributed by atoms with E-state index >= 15 is 0 Å². The molecule has 3 aliphatic rings. The SMILES string of the molecule is COCC(=O)N1C[C@@H](C(=O)NC2CC2)[C@H](C2CCN(c3ccc(C#N)c(C(F)(F)F)c3)CC2)C1. The Hall–Kier alpha value is -2.80. The second-order valence-corrected chi connectivity index (χ2v) is 9.45. The number of piperidine rings is 1. The molecule has 7 nitrogen and oxygen atoms in total. The molecule has 0 aromatic heterocycles. The molecule has 4 rings (SSSR count). The normalized spacial score (nSPS) is 23.6. The van der Waals surface area contributed by atoms with Crippen molar-refractivity contribution in [3.63, 3.8) is 0 Å². The third-order valence-corrected chi connectivity index (χ3v) is 7.19. The van der Waals surface area contributed by atoms with Crippen molar-refractivity contribution in [3.05, 3.63) is 29.3 Å². The van der Waals surface area contributed by atoms with E-state index in [0.717, 1.165) is 18.9 Å². The molecule has 1 aromatic carbocycles. The van der Waals surface area contributed by atoms with Crippen molar-refractivity contribution in [1.82, 2.24) is 10.2 Å². The van der Waals surface area contributed by atoms with Gasteiger partial charge in [-0.2, -0.15) is 18.4 Å². The lowest BCUT2D eigenvalue weighted by molar-refractivity contribution is -0.138. The maximum Gasteiger partial charge on any atom is 0.417 e. The maximum atomic E-state index is 13.4. The Morgan fingerprint density at radius 1 is 1.18 bits per heavy atom. The maximum absolute atomic E-state index is 13.4. The Bertz CT molecular complexity index is 965. The Morgan fingerprint density at radius 2 is 1.88 bits per heavy atom. The molecule has 2 aliphatic heterocycles. The quantitative estimate of drug-likeness (QED) is 0.680. The van der Waals surface area contributed by atoms with Gasteiger partial charge in [0.15, 0.2) is 0 Å². The minimum atomic E-state index is -4.59. The molecular formula is C24H29F3N4O3. The Kier molecular flexibility index (Phi) is 7.03. The van der Waals surface area contributed by atoms with Crippen molar-refractivity contribution in [2.45, 2.75) is 37.9 Å². The number of hydrogen-bond acceptors (Lipinski definition) is 5. The van der Waals surface area contributed by atoms with Crippen molar-refractivity contribution >= 4 is 17.5 Å². The fourth-order valence-corrected chi connectivity index (χ4v) is 5.19. The number of hydrogen-bond donors (Lipinski definition) is 1. The molecule has 10 heteroatoms. The molecule has 0 spiro atoms. The van der Waals surface area contributed by atoms with Gasteiger partial charge >= 0.3 is 6.18 Å². The highest BCUT2D eigenvalue weighted by atomic mass is 19.4. The van der Waals surface area contributed by atoms with Gasteiger partial charge in [-0.3, -0.25) is 9.59 Å². The summed E-state index contributed by atoms with van der Waals surface area (Å²) < 4.78 is 45.1. The zero-order valence-electron chi connectivity index (χ0n) is 19.1. The predicted molar refractivity (Wildman–Crippen MR) is 118 cm³/mol. The van der Waals surface area contributed by atoms with Crippen LogP contribution in [0, 0.1) is 29.1 Å². The number of nitrogens with zero attached hydrogens (tertiary/aromatic N) is 3. The number of likely N-dealkylation sites (tertiary alicyclic amines) is 1. The zero-order chi connectivity index (χ0) is 24.5. The van der Waals surface area contributed by atoms with Crippen LogP contribution in [0.4, 0.5) is 18.9 Å². The molecule has 0 unspecified atom stereocenters. The zero-order valence-corrected chi connectivity index (χ0v) is 19.1. The number of anilines is 1. The number of carbonyl (C=O) groups is 2. The van der Waals surface area contributed by atoms with E-state index in [0.29, 0.717) is 44.7 Å². The lowest BCUT2D eigenvalue weighted by Crippen LogP contribution is -2.42. The van der Waals surface area contributed by atoms with Gasteiger partial charge in [-0.25, -0.2) is 0 Å². The fourth-order valence-electron chi connectivity index (χ4n) is 5.19. The number of carbonyl (C=O) groups excluding carboxylic acids is 2. The summed E-state index contributed by atoms with van der Waals surface area (Å²) in [7, 11) is 1.46. The highest BCUT2D eigenvalue weighted by molar-refractivity contribution is 5.83. The van der Waals surface area contributed by atoms with Gasteiger partial charge in [0.1, 0.15) is 6.61 Å². The first-order valence-corrected chi connectivity index (χ1v) is 11.6. The molecule has 1 aromatic rings. The van der Waals surface area contributed by atoms with E-state index < -0.39 is 11.7 Å². The number of rotatable bonds is 6. The first-order valence-electron chi connectivity index (χ1n) is 11.6. The molecule has 3 fully saturated rings. The molecule has 1 N–H and O–H groups in total. The van der Waals surface area contributed by atoms with Crippen LogP contribution in [0.1, 0.15) is 36.8 Å². The summed E-state index contributed by atoms with van der Waals surface area (Å²) in [6, 6.07) is 5.67. The van der Waals surface area contributed by atoms with Gasteiger partial charge < -0.3 is 19.9 Å². The molecule has 184 valence electrons. The van der Waals surface area contributed by atoms with Crippen molar-refractivity contribution in [3.8, 4) is 6.07 Å². The molecule has 2 amide bonds. The average molecular weight is 479 g/mol. The van der Waals surface area contributed by atoms with Crippen molar-refractivity contribution < 1.29 is 27.5 Å². The highest BCUT2D eigenvalue weighted by Crippen LogP contribution is 2.39. The van der Waals surface area contributed by atoms with Crippen LogP contribution in [0.25, 0.3) is 0 Å². The highest BCUT2D eigenvalue weighted by Gasteiger charge is 2.45. The standard InChI is InChI=1S/C24H29F3N4O3/c1-34-14-22(32)31-12-19(20(13-31)23(33)29-17-3-4-17)15-6-8-30(9-7-15)18-5-2-16(11-28)21(10-18)24(25,26)27/h2,5,10,15,17,19-20H,3-4,6-9,12-14H2,1H3,(H,29,33)/t19-,20+/m0/s1. The number of benzene rings is 1. The number of amides is 2. The first-order chi connectivity index (χ1) is 16.2. The number of alkyl halides is 3. The van der Waals surface area contributed by atoms with Crippen LogP contribution in [0.3, 0.4) is 0 Å². The molecule has 2 heterocycles. The van der Waals surface area contributed by atoms with Crippen LogP contribution in [0.15, 0.2) is 18.2 Å². The number of nitriles is 1. The van der Waals surface area contributed by atoms with E-state index in [1.165, 1.54) is 13.2 Å². The van der Waals surface area contributed by atoms with Crippen molar-refractivity contribution in [1.29, 1.82) is 5.26 Å². The minimum Gasteiger partial charge on any atom is -0.375 e. The van der Waals surface area contributed by atoms with E-state index in [9.17, 15) is 22.8 Å². The number of ether oxygens (including phenoxy) is 1. The van der Waals surface area contributed by atoms with Crippen LogP contribution >= 0.6 is 0 Å². The van der Waals surface area contributed by atoms with E-state index in [1.807, 2.05) is 4.90 Å². The monoisotopic (exact) mass is 478 g/mol. The van der Waals surface area contributed by atoms with Gasteiger partial charge in [0.25, 0.3) is 0 Å². The van der Waals surface area contributed by atoms with Gasteiger partial charge in [-0.05, 0) is 55.7 Å². The molecule has 0 bridgehead atoms. The fraction of sp³-hybridized carbons (Fsp3) is 0.625. The van der Waals surface area contributed by atoms with Crippen LogP contribution in [-0.2, 0) is 20.5 Å². The topological polar surface area (TPSA) is 85.7 Å². The van der Waals surface area contributed by atoms with Gasteiger partial charge in [0.05, 0.1) is 23.1 Å². The first kappa shape index (κ1) is 24.3. The molecule has 0 radical (unpaired) electrons. The van der Waals surface area contributed by atoms with E-state index in [4.69, 9.17) is 10.00 Å². The lowest BCUT2D eigenvalue weighted by atomic mass is 9.78. The summed E-state index contributed by atoms with van der Waals surface area (Å²) in [5.41, 5.74) is -0.868. The number of methoxy groups -OCH3 is 1. The Balaban J connectivity index is 1.45. The van der Waals surface area contributed by atoms with Gasteiger partial charge in [-0.15, -0.1) is 0 Å². The summed E-state index contributed by atoms with van der Waals surface area (Å²) in [5, 5.41) is 12.1.